The van der Waals surface area contributed by atoms with Crippen LogP contribution >= 0.6 is 22.7 Å². The largest absolute Gasteiger partial charge is 0.487 e. The van der Waals surface area contributed by atoms with Crippen LogP contribution in [0, 0.1) is 10.1 Å². The number of fused-ring (bicyclic) bond motifs is 1. The molecule has 6 aromatic rings. The van der Waals surface area contributed by atoms with Crippen LogP contribution < -0.4 is 14.8 Å². The predicted molar refractivity (Wildman–Crippen MR) is 146 cm³/mol. The van der Waals surface area contributed by atoms with Crippen LogP contribution in [-0.2, 0) is 0 Å². The summed E-state index contributed by atoms with van der Waals surface area (Å²) in [6.07, 6.45) is 3.51. The Morgan fingerprint density at radius 1 is 1.11 bits per heavy atom. The van der Waals surface area contributed by atoms with Crippen LogP contribution in [-0.4, -0.2) is 35.9 Å². The molecule has 10 nitrogen and oxygen atoms in total. The zero-order valence-corrected chi connectivity index (χ0v) is 21.5. The molecule has 0 amide bonds. The first-order valence-electron chi connectivity index (χ1n) is 11.5. The number of benzene rings is 2. The van der Waals surface area contributed by atoms with Gasteiger partial charge < -0.3 is 4.74 Å². The molecule has 4 heterocycles. The number of nitrogens with zero attached hydrogens (tertiary/aromatic N) is 6. The minimum absolute atomic E-state index is 0.158. The Bertz CT molecular complexity index is 1890. The smallest absolute Gasteiger partial charge is 0.311 e. The Hall–Kier alpha value is -4.68. The second-order valence-corrected chi connectivity index (χ2v) is 10.1. The number of aromatic nitrogens is 5. The highest BCUT2D eigenvalue weighted by Gasteiger charge is 2.20. The van der Waals surface area contributed by atoms with Crippen LogP contribution in [0.2, 0.25) is 0 Å². The van der Waals surface area contributed by atoms with Crippen molar-refractivity contribution in [3.8, 4) is 33.4 Å². The third-order valence-electron chi connectivity index (χ3n) is 5.70. The van der Waals surface area contributed by atoms with Gasteiger partial charge in [0.1, 0.15) is 5.69 Å². The highest BCUT2D eigenvalue weighted by Crippen LogP contribution is 2.34. The van der Waals surface area contributed by atoms with Crippen molar-refractivity contribution in [3.63, 3.8) is 0 Å². The molecule has 188 valence electrons. The van der Waals surface area contributed by atoms with Crippen LogP contribution in [0.1, 0.15) is 12.5 Å². The molecule has 12 heteroatoms. The fourth-order valence-corrected chi connectivity index (χ4v) is 5.55. The molecule has 0 fully saturated rings. The van der Waals surface area contributed by atoms with Gasteiger partial charge >= 0.3 is 5.69 Å². The molecule has 6 rings (SSSR count). The Labute approximate surface area is 222 Å². The quantitative estimate of drug-likeness (QED) is 0.214. The average molecular weight is 543 g/mol. The number of ether oxygens (including phenoxy) is 1. The second kappa shape index (κ2) is 9.65. The van der Waals surface area contributed by atoms with E-state index in [4.69, 9.17) is 9.84 Å². The molecule has 0 bridgehead atoms. The number of rotatable bonds is 7. The molecule has 2 aromatic carbocycles. The lowest BCUT2D eigenvalue weighted by molar-refractivity contribution is -0.385. The summed E-state index contributed by atoms with van der Waals surface area (Å²) in [4.78, 5) is 30.4. The molecule has 0 aliphatic rings. The summed E-state index contributed by atoms with van der Waals surface area (Å²) < 4.78 is 8.84. The van der Waals surface area contributed by atoms with Gasteiger partial charge in [-0.2, -0.15) is 14.6 Å². The van der Waals surface area contributed by atoms with Crippen molar-refractivity contribution in [3.05, 3.63) is 103 Å². The number of nitro benzene ring substituents is 1. The SMILES string of the molecule is CCOc1ccc(-c2nn(-c3ccccc3)cc2/C=c2\sc3nc(-c4cccs4)nn3c2=O)cc1[N+](=O)[O-]. The molecule has 38 heavy (non-hydrogen) atoms. The van der Waals surface area contributed by atoms with Crippen LogP contribution in [0.4, 0.5) is 5.69 Å². The normalized spacial score (nSPS) is 11.9. The van der Waals surface area contributed by atoms with Crippen molar-refractivity contribution < 1.29 is 9.66 Å². The number of thiophene rings is 1. The Kier molecular flexibility index (Phi) is 6.02. The van der Waals surface area contributed by atoms with Crippen molar-refractivity contribution in [2.24, 2.45) is 0 Å². The lowest BCUT2D eigenvalue weighted by Crippen LogP contribution is -2.23. The molecule has 0 saturated carbocycles. The third kappa shape index (κ3) is 4.25. The molecule has 0 saturated heterocycles. The average Bonchev–Trinajstić information content (AvgIpc) is 3.72. The zero-order chi connectivity index (χ0) is 26.2. The maximum absolute atomic E-state index is 13.2. The van der Waals surface area contributed by atoms with Gasteiger partial charge in [-0.3, -0.25) is 14.9 Å². The first kappa shape index (κ1) is 23.7. The van der Waals surface area contributed by atoms with Crippen molar-refractivity contribution in [1.29, 1.82) is 0 Å². The Morgan fingerprint density at radius 3 is 2.66 bits per heavy atom. The van der Waals surface area contributed by atoms with Gasteiger partial charge in [-0.15, -0.1) is 16.4 Å². The molecule has 0 aliphatic carbocycles. The van der Waals surface area contributed by atoms with E-state index in [9.17, 15) is 14.9 Å². The van der Waals surface area contributed by atoms with Gasteiger partial charge in [0.2, 0.25) is 4.96 Å². The van der Waals surface area contributed by atoms with Crippen LogP contribution in [0.25, 0.3) is 38.7 Å². The lowest BCUT2D eigenvalue weighted by Gasteiger charge is -2.06. The molecule has 0 radical (unpaired) electrons. The van der Waals surface area contributed by atoms with E-state index in [0.717, 1.165) is 10.6 Å². The number of nitro groups is 1. The first-order chi connectivity index (χ1) is 18.5. The van der Waals surface area contributed by atoms with Crippen molar-refractivity contribution in [2.75, 3.05) is 6.61 Å². The lowest BCUT2D eigenvalue weighted by atomic mass is 10.1. The van der Waals surface area contributed by atoms with Crippen molar-refractivity contribution >= 4 is 39.4 Å². The molecule has 0 N–H and O–H groups in total. The van der Waals surface area contributed by atoms with Gasteiger partial charge in [0.25, 0.3) is 5.56 Å². The van der Waals surface area contributed by atoms with E-state index >= 15 is 0 Å². The van der Waals surface area contributed by atoms with E-state index in [2.05, 4.69) is 10.1 Å². The Balaban J connectivity index is 1.51. The molecule has 0 aliphatic heterocycles. The summed E-state index contributed by atoms with van der Waals surface area (Å²) in [5.41, 5.74) is 1.97. The highest BCUT2D eigenvalue weighted by molar-refractivity contribution is 7.15. The standard InChI is InChI=1S/C26H18N6O4S2/c1-2-36-20-11-10-16(13-19(20)32(34)35)23-17(15-30(28-23)18-7-4-3-5-8-18)14-22-25(33)31-26(38-22)27-24(29-31)21-9-6-12-37-21/h3-15H,2H2,1H3/b22-14-. The molecule has 0 spiro atoms. The molecule has 4 aromatic heterocycles. The van der Waals surface area contributed by atoms with Gasteiger partial charge in [0, 0.05) is 23.4 Å². The van der Waals surface area contributed by atoms with Crippen LogP contribution in [0.5, 0.6) is 5.75 Å². The van der Waals surface area contributed by atoms with Crippen LogP contribution in [0.15, 0.2) is 77.0 Å². The van der Waals surface area contributed by atoms with E-state index in [0.29, 0.717) is 38.7 Å². The van der Waals surface area contributed by atoms with Gasteiger partial charge in [-0.25, -0.2) is 4.68 Å². The fourth-order valence-electron chi connectivity index (χ4n) is 4.00. The molecular weight excluding hydrogens is 524 g/mol. The van der Waals surface area contributed by atoms with E-state index in [1.165, 1.54) is 33.3 Å². The topological polar surface area (TPSA) is 117 Å². The minimum Gasteiger partial charge on any atom is -0.487 e. The second-order valence-electron chi connectivity index (χ2n) is 8.11. The molecule has 0 atom stereocenters. The maximum atomic E-state index is 13.2. The molecule has 0 unspecified atom stereocenters. The number of hydrogen-bond donors (Lipinski definition) is 0. The highest BCUT2D eigenvalue weighted by atomic mass is 32.1. The summed E-state index contributed by atoms with van der Waals surface area (Å²) >= 11 is 2.73. The summed E-state index contributed by atoms with van der Waals surface area (Å²) in [6.45, 7) is 2.07. The van der Waals surface area contributed by atoms with E-state index in [1.54, 1.807) is 36.0 Å². The first-order valence-corrected chi connectivity index (χ1v) is 13.2. The Morgan fingerprint density at radius 2 is 1.95 bits per heavy atom. The number of thiazole rings is 1. The van der Waals surface area contributed by atoms with Gasteiger partial charge in [-0.1, -0.05) is 35.6 Å². The fraction of sp³-hybridized carbons (Fsp3) is 0.0769. The van der Waals surface area contributed by atoms with Gasteiger partial charge in [-0.05, 0) is 48.7 Å². The minimum atomic E-state index is -0.479. The summed E-state index contributed by atoms with van der Waals surface area (Å²) in [5, 5.41) is 22.8. The number of hydrogen-bond acceptors (Lipinski definition) is 9. The maximum Gasteiger partial charge on any atom is 0.311 e. The van der Waals surface area contributed by atoms with Crippen molar-refractivity contribution in [1.82, 2.24) is 24.4 Å². The summed E-state index contributed by atoms with van der Waals surface area (Å²) in [7, 11) is 0. The zero-order valence-electron chi connectivity index (χ0n) is 19.8. The van der Waals surface area contributed by atoms with Crippen LogP contribution in [0.3, 0.4) is 0 Å². The van der Waals surface area contributed by atoms with Gasteiger partial charge in [0.15, 0.2) is 11.6 Å². The summed E-state index contributed by atoms with van der Waals surface area (Å²) in [6, 6.07) is 18.0. The number of para-hydroxylation sites is 1. The molecular formula is C26H18N6O4S2. The predicted octanol–water partition coefficient (Wildman–Crippen LogP) is 4.59. The van der Waals surface area contributed by atoms with E-state index < -0.39 is 4.92 Å². The van der Waals surface area contributed by atoms with E-state index in [1.807, 2.05) is 47.8 Å². The van der Waals surface area contributed by atoms with Crippen molar-refractivity contribution in [2.45, 2.75) is 6.92 Å². The van der Waals surface area contributed by atoms with Gasteiger partial charge in [0.05, 0.1) is 26.6 Å². The van der Waals surface area contributed by atoms with E-state index in [-0.39, 0.29) is 17.0 Å². The monoisotopic (exact) mass is 542 g/mol. The summed E-state index contributed by atoms with van der Waals surface area (Å²) in [5.74, 6) is 0.692. The third-order valence-corrected chi connectivity index (χ3v) is 7.53.